The minimum atomic E-state index is -0.665. The predicted molar refractivity (Wildman–Crippen MR) is 269 cm³/mol. The van der Waals surface area contributed by atoms with E-state index in [1.54, 1.807) is 0 Å². The maximum absolute atomic E-state index is 5.18. The summed E-state index contributed by atoms with van der Waals surface area (Å²) in [6.07, 6.45) is 4.00. The van der Waals surface area contributed by atoms with Crippen molar-refractivity contribution >= 4 is 55.9 Å². The normalized spacial score (nSPS) is 12.4. The van der Waals surface area contributed by atoms with Gasteiger partial charge >= 0.3 is 0 Å². The van der Waals surface area contributed by atoms with Crippen molar-refractivity contribution in [2.24, 2.45) is 0 Å². The van der Waals surface area contributed by atoms with Crippen molar-refractivity contribution in [1.29, 1.82) is 0 Å². The van der Waals surface area contributed by atoms with Gasteiger partial charge < -0.3 is 4.90 Å². The van der Waals surface area contributed by atoms with Gasteiger partial charge in [-0.2, -0.15) is 0 Å². The molecule has 0 aliphatic heterocycles. The van der Waals surface area contributed by atoms with Gasteiger partial charge in [0.1, 0.15) is 0 Å². The first kappa shape index (κ1) is 38.1. The second kappa shape index (κ2) is 15.9. The number of hydrogen-bond donors (Lipinski definition) is 0. The van der Waals surface area contributed by atoms with Crippen LogP contribution < -0.4 is 9.80 Å². The molecule has 65 heavy (non-hydrogen) atoms. The summed E-state index contributed by atoms with van der Waals surface area (Å²) in [5, 5.41) is 4.69. The Balaban J connectivity index is 1.08. The molecule has 0 atom stereocenters. The zero-order valence-corrected chi connectivity index (χ0v) is 35.5. The number of benzene rings is 10. The summed E-state index contributed by atoms with van der Waals surface area (Å²) in [6, 6.07) is 87.1. The van der Waals surface area contributed by atoms with Crippen LogP contribution in [0.1, 0.15) is 22.3 Å². The Morgan fingerprint density at radius 3 is 1.40 bits per heavy atom. The third-order valence-corrected chi connectivity index (χ3v) is 13.0. The van der Waals surface area contributed by atoms with E-state index in [0.717, 1.165) is 50.3 Å². The van der Waals surface area contributed by atoms with Crippen LogP contribution in [-0.4, -0.2) is 9.97 Å². The molecule has 0 N–H and O–H groups in total. The molecule has 0 saturated carbocycles. The summed E-state index contributed by atoms with van der Waals surface area (Å²) < 4.78 is 0. The first-order chi connectivity index (χ1) is 32.3. The molecule has 1 aliphatic rings. The van der Waals surface area contributed by atoms with E-state index in [-0.39, 0.29) is 0 Å². The SMILES string of the molecule is c1ccc(N(c2ccccc2)c2ccc3c(c2)C(c2ccccc2)(c2ccccc2)c2cc(-c4cnc(N(c5ccccc5)c5ccc6ccccc6c5)nc4)c4ccccc4c2-3)cc1. The van der Waals surface area contributed by atoms with Crippen molar-refractivity contribution in [1.82, 2.24) is 9.97 Å². The maximum Gasteiger partial charge on any atom is 0.234 e. The van der Waals surface area contributed by atoms with Gasteiger partial charge in [-0.25, -0.2) is 9.97 Å². The molecule has 306 valence electrons. The summed E-state index contributed by atoms with van der Waals surface area (Å²) in [7, 11) is 0. The van der Waals surface area contributed by atoms with E-state index in [9.17, 15) is 0 Å². The number of para-hydroxylation sites is 3. The fourth-order valence-corrected chi connectivity index (χ4v) is 10.2. The molecule has 0 unspecified atom stereocenters. The lowest BCUT2D eigenvalue weighted by Crippen LogP contribution is -2.29. The van der Waals surface area contributed by atoms with Crippen LogP contribution in [0, 0.1) is 0 Å². The molecular weight excluding hydrogens is 789 g/mol. The van der Waals surface area contributed by atoms with Gasteiger partial charge in [-0.1, -0.05) is 176 Å². The maximum atomic E-state index is 5.18. The van der Waals surface area contributed by atoms with Gasteiger partial charge in [0.2, 0.25) is 5.95 Å². The Morgan fingerprint density at radius 2 is 0.800 bits per heavy atom. The van der Waals surface area contributed by atoms with E-state index < -0.39 is 5.41 Å². The Kier molecular flexibility index (Phi) is 9.35. The van der Waals surface area contributed by atoms with Crippen LogP contribution in [0.2, 0.25) is 0 Å². The number of hydrogen-bond acceptors (Lipinski definition) is 4. The Morgan fingerprint density at radius 1 is 0.323 bits per heavy atom. The van der Waals surface area contributed by atoms with Crippen LogP contribution in [0.15, 0.2) is 255 Å². The van der Waals surface area contributed by atoms with Crippen LogP contribution in [0.25, 0.3) is 43.8 Å². The van der Waals surface area contributed by atoms with E-state index in [0.29, 0.717) is 5.95 Å². The predicted octanol–water partition coefficient (Wildman–Crippen LogP) is 15.8. The van der Waals surface area contributed by atoms with Crippen molar-refractivity contribution in [2.75, 3.05) is 9.80 Å². The van der Waals surface area contributed by atoms with Crippen LogP contribution in [0.3, 0.4) is 0 Å². The standard InChI is InChI=1S/C61H42N4/c1-6-22-46(23-7-1)61(47-24-8-2-9-25-47)57-39-52(64(48-26-10-3-11-27-48)49-28-12-4-13-29-49)36-37-55(57)59-54-33-19-18-32-53(54)56(40-58(59)61)45-41-62-60(63-42-45)65(50-30-14-5-15-31-50)51-35-34-43-20-16-17-21-44(43)38-51/h1-42H. The van der Waals surface area contributed by atoms with Crippen molar-refractivity contribution in [2.45, 2.75) is 5.41 Å². The lowest BCUT2D eigenvalue weighted by atomic mass is 9.67. The molecule has 1 aromatic heterocycles. The van der Waals surface area contributed by atoms with Gasteiger partial charge in [0.15, 0.2) is 0 Å². The number of rotatable bonds is 9. The lowest BCUT2D eigenvalue weighted by Gasteiger charge is -2.35. The fraction of sp³-hybridized carbons (Fsp3) is 0.0164. The van der Waals surface area contributed by atoms with Gasteiger partial charge in [0.25, 0.3) is 0 Å². The highest BCUT2D eigenvalue weighted by Crippen LogP contribution is 2.60. The van der Waals surface area contributed by atoms with Crippen molar-refractivity contribution in [3.05, 3.63) is 277 Å². The molecule has 12 rings (SSSR count). The van der Waals surface area contributed by atoms with Crippen molar-refractivity contribution in [3.8, 4) is 22.3 Å². The fourth-order valence-electron chi connectivity index (χ4n) is 10.2. The molecule has 1 aliphatic carbocycles. The Bertz CT molecular complexity index is 3390. The van der Waals surface area contributed by atoms with E-state index in [4.69, 9.17) is 9.97 Å². The van der Waals surface area contributed by atoms with Crippen LogP contribution >= 0.6 is 0 Å². The highest BCUT2D eigenvalue weighted by molar-refractivity contribution is 6.10. The van der Waals surface area contributed by atoms with Gasteiger partial charge in [0.05, 0.1) is 5.41 Å². The third kappa shape index (κ3) is 6.38. The smallest absolute Gasteiger partial charge is 0.234 e. The van der Waals surface area contributed by atoms with Gasteiger partial charge in [-0.15, -0.1) is 0 Å². The first-order valence-electron chi connectivity index (χ1n) is 22.1. The molecular formula is C61H42N4. The summed E-state index contributed by atoms with van der Waals surface area (Å²) in [5.74, 6) is 0.602. The topological polar surface area (TPSA) is 32.3 Å². The minimum absolute atomic E-state index is 0.602. The van der Waals surface area contributed by atoms with E-state index in [1.165, 1.54) is 44.2 Å². The largest absolute Gasteiger partial charge is 0.310 e. The van der Waals surface area contributed by atoms with Crippen LogP contribution in [0.4, 0.5) is 34.4 Å². The molecule has 0 saturated heterocycles. The van der Waals surface area contributed by atoms with E-state index >= 15 is 0 Å². The average Bonchev–Trinajstić information content (AvgIpc) is 3.68. The summed E-state index contributed by atoms with van der Waals surface area (Å²) in [4.78, 5) is 14.9. The first-order valence-corrected chi connectivity index (χ1v) is 22.1. The van der Waals surface area contributed by atoms with Crippen molar-refractivity contribution < 1.29 is 0 Å². The molecule has 1 heterocycles. The second-order valence-electron chi connectivity index (χ2n) is 16.6. The molecule has 11 aromatic rings. The minimum Gasteiger partial charge on any atom is -0.310 e. The lowest BCUT2D eigenvalue weighted by molar-refractivity contribution is 0.769. The molecule has 0 spiro atoms. The molecule has 0 radical (unpaired) electrons. The summed E-state index contributed by atoms with van der Waals surface area (Å²) in [5.41, 5.74) is 14.0. The third-order valence-electron chi connectivity index (χ3n) is 13.0. The quantitative estimate of drug-likeness (QED) is 0.145. The zero-order valence-electron chi connectivity index (χ0n) is 35.5. The van der Waals surface area contributed by atoms with E-state index in [2.05, 4.69) is 246 Å². The van der Waals surface area contributed by atoms with Gasteiger partial charge in [-0.3, -0.25) is 4.90 Å². The monoisotopic (exact) mass is 830 g/mol. The Hall–Kier alpha value is -8.60. The molecule has 4 heteroatoms. The number of anilines is 6. The van der Waals surface area contributed by atoms with Crippen LogP contribution in [-0.2, 0) is 5.41 Å². The molecule has 0 fully saturated rings. The molecule has 0 amide bonds. The number of fused-ring (bicyclic) bond motifs is 6. The van der Waals surface area contributed by atoms with E-state index in [1.807, 2.05) is 18.5 Å². The molecule has 4 nitrogen and oxygen atoms in total. The van der Waals surface area contributed by atoms with Crippen LogP contribution in [0.5, 0.6) is 0 Å². The number of nitrogens with zero attached hydrogens (tertiary/aromatic N) is 4. The van der Waals surface area contributed by atoms with Gasteiger partial charge in [-0.05, 0) is 127 Å². The number of aromatic nitrogens is 2. The average molecular weight is 831 g/mol. The Labute approximate surface area is 379 Å². The van der Waals surface area contributed by atoms with Gasteiger partial charge in [0, 0.05) is 46.4 Å². The molecule has 10 aromatic carbocycles. The van der Waals surface area contributed by atoms with Crippen molar-refractivity contribution in [3.63, 3.8) is 0 Å². The summed E-state index contributed by atoms with van der Waals surface area (Å²) >= 11 is 0. The zero-order chi connectivity index (χ0) is 43.2. The second-order valence-corrected chi connectivity index (χ2v) is 16.6. The highest BCUT2D eigenvalue weighted by Gasteiger charge is 2.47. The summed E-state index contributed by atoms with van der Waals surface area (Å²) in [6.45, 7) is 0. The highest BCUT2D eigenvalue weighted by atomic mass is 15.3. The molecule has 0 bridgehead atoms.